The van der Waals surface area contributed by atoms with Gasteiger partial charge in [-0.2, -0.15) is 0 Å². The average molecular weight is 218 g/mol. The van der Waals surface area contributed by atoms with Crippen LogP contribution in [0.5, 0.6) is 0 Å². The molecule has 0 aliphatic rings. The Kier molecular flexibility index (Phi) is 3.16. The summed E-state index contributed by atoms with van der Waals surface area (Å²) in [7, 11) is 1.66. The first kappa shape index (κ1) is 10.6. The Morgan fingerprint density at radius 2 is 2.06 bits per heavy atom. The first-order chi connectivity index (χ1) is 7.79. The van der Waals surface area contributed by atoms with Crippen molar-refractivity contribution in [3.05, 3.63) is 30.5 Å². The Bertz CT molecular complexity index is 449. The zero-order valence-electron chi connectivity index (χ0n) is 9.13. The van der Waals surface area contributed by atoms with Gasteiger partial charge in [0.15, 0.2) is 0 Å². The van der Waals surface area contributed by atoms with Gasteiger partial charge in [-0.3, -0.25) is 0 Å². The lowest BCUT2D eigenvalue weighted by Crippen LogP contribution is -2.04. The molecule has 0 aliphatic heterocycles. The lowest BCUT2D eigenvalue weighted by Gasteiger charge is -1.97. The summed E-state index contributed by atoms with van der Waals surface area (Å²) in [5.74, 6) is 0. The first-order valence-electron chi connectivity index (χ1n) is 5.04. The number of hydrogen-bond acceptors (Lipinski definition) is 4. The van der Waals surface area contributed by atoms with Gasteiger partial charge in [-0.15, -0.1) is 5.10 Å². The summed E-state index contributed by atoms with van der Waals surface area (Å²) < 4.78 is 6.73. The lowest BCUT2D eigenvalue weighted by molar-refractivity contribution is 0.183. The molecule has 84 valence electrons. The highest BCUT2D eigenvalue weighted by atomic mass is 16.5. The van der Waals surface area contributed by atoms with Crippen molar-refractivity contribution in [3.8, 4) is 11.3 Å². The fourth-order valence-corrected chi connectivity index (χ4v) is 1.38. The topological polar surface area (TPSA) is 66.0 Å². The molecule has 0 aliphatic carbocycles. The highest BCUT2D eigenvalue weighted by Gasteiger charge is 2.02. The Morgan fingerprint density at radius 3 is 2.75 bits per heavy atom. The summed E-state index contributed by atoms with van der Waals surface area (Å²) in [5, 5.41) is 8.09. The third-order valence-corrected chi connectivity index (χ3v) is 2.27. The summed E-state index contributed by atoms with van der Waals surface area (Å²) in [6, 6.07) is 7.56. The fraction of sp³-hybridized carbons (Fsp3) is 0.273. The SMILES string of the molecule is COCCn1cc(-c2ccc(N)cc2)nn1. The molecule has 1 heterocycles. The first-order valence-corrected chi connectivity index (χ1v) is 5.04. The molecule has 0 atom stereocenters. The van der Waals surface area contributed by atoms with Gasteiger partial charge in [-0.25, -0.2) is 4.68 Å². The number of nitrogen functional groups attached to an aromatic ring is 1. The maximum absolute atomic E-state index is 5.62. The van der Waals surface area contributed by atoms with E-state index in [0.717, 1.165) is 16.9 Å². The second-order valence-corrected chi connectivity index (χ2v) is 3.48. The van der Waals surface area contributed by atoms with E-state index in [-0.39, 0.29) is 0 Å². The summed E-state index contributed by atoms with van der Waals surface area (Å²) >= 11 is 0. The van der Waals surface area contributed by atoms with Crippen molar-refractivity contribution in [1.29, 1.82) is 0 Å². The van der Waals surface area contributed by atoms with E-state index >= 15 is 0 Å². The van der Waals surface area contributed by atoms with Crippen molar-refractivity contribution in [2.75, 3.05) is 19.5 Å². The molecule has 0 amide bonds. The summed E-state index contributed by atoms with van der Waals surface area (Å²) in [5.41, 5.74) is 8.22. The van der Waals surface area contributed by atoms with E-state index in [4.69, 9.17) is 10.5 Å². The largest absolute Gasteiger partial charge is 0.399 e. The van der Waals surface area contributed by atoms with Gasteiger partial charge in [0.25, 0.3) is 0 Å². The van der Waals surface area contributed by atoms with Crippen LogP contribution in [-0.2, 0) is 11.3 Å². The van der Waals surface area contributed by atoms with Gasteiger partial charge in [0.1, 0.15) is 5.69 Å². The highest BCUT2D eigenvalue weighted by molar-refractivity contribution is 5.60. The van der Waals surface area contributed by atoms with Gasteiger partial charge >= 0.3 is 0 Å². The minimum atomic E-state index is 0.630. The molecule has 0 bridgehead atoms. The van der Waals surface area contributed by atoms with E-state index in [1.54, 1.807) is 11.8 Å². The van der Waals surface area contributed by atoms with Gasteiger partial charge in [0.2, 0.25) is 0 Å². The number of hydrogen-bond donors (Lipinski definition) is 1. The number of ether oxygens (including phenoxy) is 1. The number of nitrogens with zero attached hydrogens (tertiary/aromatic N) is 3. The van der Waals surface area contributed by atoms with Gasteiger partial charge in [-0.05, 0) is 12.1 Å². The number of anilines is 1. The molecule has 0 saturated carbocycles. The number of rotatable bonds is 4. The smallest absolute Gasteiger partial charge is 0.113 e. The van der Waals surface area contributed by atoms with Crippen LogP contribution >= 0.6 is 0 Å². The summed E-state index contributed by atoms with van der Waals surface area (Å²) in [6.45, 7) is 1.34. The average Bonchev–Trinajstić information content (AvgIpc) is 2.76. The van der Waals surface area contributed by atoms with Crippen molar-refractivity contribution < 1.29 is 4.74 Å². The molecule has 1 aromatic carbocycles. The van der Waals surface area contributed by atoms with Crippen molar-refractivity contribution in [2.45, 2.75) is 6.54 Å². The molecule has 0 unspecified atom stereocenters. The van der Waals surface area contributed by atoms with Crippen LogP contribution in [0.15, 0.2) is 30.5 Å². The Hall–Kier alpha value is -1.88. The molecular weight excluding hydrogens is 204 g/mol. The second-order valence-electron chi connectivity index (χ2n) is 3.48. The van der Waals surface area contributed by atoms with Gasteiger partial charge in [0.05, 0.1) is 19.3 Å². The predicted octanol–water partition coefficient (Wildman–Crippen LogP) is 1.17. The molecule has 0 radical (unpaired) electrons. The number of benzene rings is 1. The van der Waals surface area contributed by atoms with Crippen LogP contribution in [0.4, 0.5) is 5.69 Å². The molecule has 0 fully saturated rings. The van der Waals surface area contributed by atoms with E-state index in [1.165, 1.54) is 0 Å². The Labute approximate surface area is 93.8 Å². The molecule has 1 aromatic heterocycles. The van der Waals surface area contributed by atoms with E-state index in [9.17, 15) is 0 Å². The maximum atomic E-state index is 5.62. The molecular formula is C11H14N4O. The van der Waals surface area contributed by atoms with Gasteiger partial charge in [0, 0.05) is 18.4 Å². The van der Waals surface area contributed by atoms with E-state index < -0.39 is 0 Å². The lowest BCUT2D eigenvalue weighted by atomic mass is 10.1. The molecule has 0 spiro atoms. The van der Waals surface area contributed by atoms with Crippen molar-refractivity contribution in [3.63, 3.8) is 0 Å². The molecule has 5 nitrogen and oxygen atoms in total. The van der Waals surface area contributed by atoms with Crippen LogP contribution in [0, 0.1) is 0 Å². The second kappa shape index (κ2) is 4.76. The van der Waals surface area contributed by atoms with Crippen LogP contribution in [0.3, 0.4) is 0 Å². The Morgan fingerprint density at radius 1 is 1.31 bits per heavy atom. The zero-order valence-corrected chi connectivity index (χ0v) is 9.13. The molecule has 16 heavy (non-hydrogen) atoms. The maximum Gasteiger partial charge on any atom is 0.113 e. The third-order valence-electron chi connectivity index (χ3n) is 2.27. The minimum absolute atomic E-state index is 0.630. The molecule has 0 saturated heterocycles. The Balaban J connectivity index is 2.15. The van der Waals surface area contributed by atoms with Crippen LogP contribution in [-0.4, -0.2) is 28.7 Å². The van der Waals surface area contributed by atoms with Crippen LogP contribution < -0.4 is 5.73 Å². The van der Waals surface area contributed by atoms with Crippen molar-refractivity contribution in [1.82, 2.24) is 15.0 Å². The van der Waals surface area contributed by atoms with Crippen LogP contribution in [0.2, 0.25) is 0 Å². The third kappa shape index (κ3) is 2.38. The molecule has 5 heteroatoms. The number of aromatic nitrogens is 3. The predicted molar refractivity (Wildman–Crippen MR) is 61.7 cm³/mol. The number of methoxy groups -OCH3 is 1. The minimum Gasteiger partial charge on any atom is -0.399 e. The van der Waals surface area contributed by atoms with Gasteiger partial charge in [-0.1, -0.05) is 17.3 Å². The molecule has 2 rings (SSSR count). The van der Waals surface area contributed by atoms with E-state index in [0.29, 0.717) is 13.2 Å². The van der Waals surface area contributed by atoms with E-state index in [2.05, 4.69) is 10.3 Å². The monoisotopic (exact) mass is 218 g/mol. The number of nitrogens with two attached hydrogens (primary N) is 1. The standard InChI is InChI=1S/C11H14N4O/c1-16-7-6-15-8-11(13-14-15)9-2-4-10(12)5-3-9/h2-5,8H,6-7,12H2,1H3. The molecule has 2 N–H and O–H groups in total. The molecule has 2 aromatic rings. The fourth-order valence-electron chi connectivity index (χ4n) is 1.38. The summed E-state index contributed by atoms with van der Waals surface area (Å²) in [4.78, 5) is 0. The zero-order chi connectivity index (χ0) is 11.4. The highest BCUT2D eigenvalue weighted by Crippen LogP contribution is 2.17. The van der Waals surface area contributed by atoms with E-state index in [1.807, 2.05) is 30.5 Å². The van der Waals surface area contributed by atoms with Crippen molar-refractivity contribution >= 4 is 5.69 Å². The van der Waals surface area contributed by atoms with Crippen LogP contribution in [0.1, 0.15) is 0 Å². The van der Waals surface area contributed by atoms with Gasteiger partial charge < -0.3 is 10.5 Å². The normalized spacial score (nSPS) is 10.6. The van der Waals surface area contributed by atoms with Crippen LogP contribution in [0.25, 0.3) is 11.3 Å². The quantitative estimate of drug-likeness (QED) is 0.782. The van der Waals surface area contributed by atoms with Crippen molar-refractivity contribution in [2.24, 2.45) is 0 Å². The summed E-state index contributed by atoms with van der Waals surface area (Å²) in [6.07, 6.45) is 1.89.